The normalized spacial score (nSPS) is 5.56. The molecule has 0 spiro atoms. The second-order valence-electron chi connectivity index (χ2n) is 1.97. The first-order valence-electron chi connectivity index (χ1n) is 3.63. The van der Waals surface area contributed by atoms with Crippen molar-refractivity contribution in [1.82, 2.24) is 0 Å². The van der Waals surface area contributed by atoms with Gasteiger partial charge >= 0.3 is 43.4 Å². The molecule has 0 aromatic rings. The van der Waals surface area contributed by atoms with E-state index in [1.165, 1.54) is 0 Å². The third-order valence-electron chi connectivity index (χ3n) is 0. The molecule has 0 aromatic carbocycles. The summed E-state index contributed by atoms with van der Waals surface area (Å²) in [6, 6.07) is 0. The van der Waals surface area contributed by atoms with Crippen molar-refractivity contribution < 1.29 is 83.0 Å². The quantitative estimate of drug-likeness (QED) is 0.398. The number of hydrogen-bond donors (Lipinski definition) is 0. The van der Waals surface area contributed by atoms with E-state index in [2.05, 4.69) is 0 Å². The summed E-state index contributed by atoms with van der Waals surface area (Å²) in [5, 5.41) is 35.6. The molecule has 0 N–H and O–H groups in total. The molecule has 10 heteroatoms. The average molecular weight is 332 g/mol. The summed E-state index contributed by atoms with van der Waals surface area (Å²) in [4.78, 5) is 35.6. The van der Waals surface area contributed by atoms with E-state index in [9.17, 15) is 0 Å². The third kappa shape index (κ3) is 6560. The number of carboxylic acids is 4. The second kappa shape index (κ2) is 29.9. The van der Waals surface area contributed by atoms with Gasteiger partial charge in [-0.25, -0.2) is 0 Å². The Labute approximate surface area is 134 Å². The van der Waals surface area contributed by atoms with Crippen molar-refractivity contribution in [3.05, 3.63) is 0 Å². The molecule has 0 fully saturated rings. The van der Waals surface area contributed by atoms with Gasteiger partial charge in [0, 0.05) is 23.9 Å². The van der Waals surface area contributed by atoms with Gasteiger partial charge in [-0.2, -0.15) is 0 Å². The number of hydrogen-bond acceptors (Lipinski definition) is 8. The minimum absolute atomic E-state index is 0. The molecular formula is C8H12O8Ti2+4. The molecule has 0 saturated carbocycles. The first-order valence-corrected chi connectivity index (χ1v) is 3.63. The molecule has 0 aliphatic rings. The van der Waals surface area contributed by atoms with Gasteiger partial charge in [0.05, 0.1) is 0 Å². The van der Waals surface area contributed by atoms with E-state index in [1.54, 1.807) is 0 Å². The molecule has 0 atom stereocenters. The summed E-state index contributed by atoms with van der Waals surface area (Å²) >= 11 is 0. The van der Waals surface area contributed by atoms with Gasteiger partial charge in [-0.15, -0.1) is 0 Å². The molecule has 0 radical (unpaired) electrons. The fourth-order valence-electron chi connectivity index (χ4n) is 0. The molecule has 8 nitrogen and oxygen atoms in total. The van der Waals surface area contributed by atoms with Gasteiger partial charge in [-0.05, 0) is 27.7 Å². The van der Waals surface area contributed by atoms with Crippen LogP contribution < -0.4 is 20.4 Å². The molecule has 18 heavy (non-hydrogen) atoms. The summed E-state index contributed by atoms with van der Waals surface area (Å²) in [5.41, 5.74) is 0. The topological polar surface area (TPSA) is 161 Å². The van der Waals surface area contributed by atoms with E-state index in [0.29, 0.717) is 0 Å². The van der Waals surface area contributed by atoms with Crippen molar-refractivity contribution in [3.8, 4) is 0 Å². The minimum Gasteiger partial charge on any atom is -0.550 e. The SMILES string of the molecule is CC(=O)[O-].CC(=O)[O-].CC(=O)[O-].CC(=O)[O-].[Ti+4].[Ti+4]. The zero-order valence-electron chi connectivity index (χ0n) is 10.3. The maximum atomic E-state index is 8.89. The first-order chi connectivity index (χ1) is 6.93. The minimum atomic E-state index is -1.08. The zero-order valence-corrected chi connectivity index (χ0v) is 13.4. The van der Waals surface area contributed by atoms with Crippen LogP contribution in [-0.4, -0.2) is 23.9 Å². The maximum Gasteiger partial charge on any atom is 4.00 e. The standard InChI is InChI=1S/4C2H4O2.2Ti/c4*1-2(3)4;;/h4*1H3,(H,3,4);;/q;;;;2*+4/p-4. The smallest absolute Gasteiger partial charge is 0.550 e. The van der Waals surface area contributed by atoms with Gasteiger partial charge in [0.2, 0.25) is 0 Å². The molecule has 0 aliphatic heterocycles. The Bertz CT molecular complexity index is 165. The number of carbonyl (C=O) groups is 4. The summed E-state index contributed by atoms with van der Waals surface area (Å²) in [6.07, 6.45) is 0. The van der Waals surface area contributed by atoms with Gasteiger partial charge in [0.25, 0.3) is 0 Å². The Balaban J connectivity index is -0.0000000257. The van der Waals surface area contributed by atoms with Crippen LogP contribution in [-0.2, 0) is 62.6 Å². The third-order valence-corrected chi connectivity index (χ3v) is 0. The van der Waals surface area contributed by atoms with Crippen LogP contribution in [0.1, 0.15) is 27.7 Å². The number of rotatable bonds is 0. The molecule has 0 unspecified atom stereocenters. The van der Waals surface area contributed by atoms with Gasteiger partial charge in [0.1, 0.15) is 0 Å². The fourth-order valence-corrected chi connectivity index (χ4v) is 0. The van der Waals surface area contributed by atoms with Crippen molar-refractivity contribution in [3.63, 3.8) is 0 Å². The van der Waals surface area contributed by atoms with Gasteiger partial charge in [-0.3, -0.25) is 0 Å². The predicted molar refractivity (Wildman–Crippen MR) is 42.7 cm³/mol. The van der Waals surface area contributed by atoms with Crippen LogP contribution in [0.15, 0.2) is 0 Å². The predicted octanol–water partition coefficient (Wildman–Crippen LogP) is -4.98. The first kappa shape index (κ1) is 36.0. The summed E-state index contributed by atoms with van der Waals surface area (Å²) in [5.74, 6) is -4.33. The largest absolute Gasteiger partial charge is 4.00 e. The van der Waals surface area contributed by atoms with Crippen molar-refractivity contribution in [2.75, 3.05) is 0 Å². The maximum absolute atomic E-state index is 8.89. The van der Waals surface area contributed by atoms with E-state index in [0.717, 1.165) is 27.7 Å². The monoisotopic (exact) mass is 332 g/mol. The summed E-state index contributed by atoms with van der Waals surface area (Å²) in [7, 11) is 0. The zero-order chi connectivity index (χ0) is 14.3. The van der Waals surface area contributed by atoms with Crippen molar-refractivity contribution >= 4 is 23.9 Å². The van der Waals surface area contributed by atoms with Crippen molar-refractivity contribution in [1.29, 1.82) is 0 Å². The van der Waals surface area contributed by atoms with Crippen LogP contribution in [0.3, 0.4) is 0 Å². The Morgan fingerprint density at radius 3 is 0.500 bits per heavy atom. The number of carboxylic acid groups (broad SMARTS) is 4. The molecule has 0 saturated heterocycles. The van der Waals surface area contributed by atoms with E-state index in [-0.39, 0.29) is 43.4 Å². The summed E-state index contributed by atoms with van der Waals surface area (Å²) < 4.78 is 0. The molecule has 96 valence electrons. The van der Waals surface area contributed by atoms with Crippen LogP contribution in [0.4, 0.5) is 0 Å². The van der Waals surface area contributed by atoms with E-state index < -0.39 is 23.9 Å². The average Bonchev–Trinajstić information content (AvgIpc) is 1.76. The van der Waals surface area contributed by atoms with E-state index in [4.69, 9.17) is 39.6 Å². The molecule has 0 aromatic heterocycles. The molecular weight excluding hydrogens is 320 g/mol. The molecule has 0 rings (SSSR count). The fraction of sp³-hybridized carbons (Fsp3) is 0.500. The number of aliphatic carboxylic acids is 4. The van der Waals surface area contributed by atoms with Crippen LogP contribution in [0.25, 0.3) is 0 Å². The van der Waals surface area contributed by atoms with Crippen LogP contribution in [0.2, 0.25) is 0 Å². The van der Waals surface area contributed by atoms with Crippen molar-refractivity contribution in [2.45, 2.75) is 27.7 Å². The molecule has 0 bridgehead atoms. The van der Waals surface area contributed by atoms with E-state index in [1.807, 2.05) is 0 Å². The summed E-state index contributed by atoms with van der Waals surface area (Å²) in [6.45, 7) is 3.89. The van der Waals surface area contributed by atoms with Gasteiger partial charge in [0.15, 0.2) is 0 Å². The second-order valence-corrected chi connectivity index (χ2v) is 1.97. The van der Waals surface area contributed by atoms with Gasteiger partial charge in [-0.1, -0.05) is 0 Å². The van der Waals surface area contributed by atoms with Crippen molar-refractivity contribution in [2.24, 2.45) is 0 Å². The Morgan fingerprint density at radius 1 is 0.500 bits per heavy atom. The number of carbonyl (C=O) groups excluding carboxylic acids is 4. The molecule has 0 aliphatic carbocycles. The van der Waals surface area contributed by atoms with Crippen LogP contribution in [0, 0.1) is 0 Å². The Morgan fingerprint density at radius 2 is 0.500 bits per heavy atom. The molecule has 0 heterocycles. The van der Waals surface area contributed by atoms with Crippen LogP contribution in [0.5, 0.6) is 0 Å². The van der Waals surface area contributed by atoms with Gasteiger partial charge < -0.3 is 39.6 Å². The van der Waals surface area contributed by atoms with Crippen LogP contribution >= 0.6 is 0 Å². The van der Waals surface area contributed by atoms with E-state index >= 15 is 0 Å². The molecule has 0 amide bonds. The Hall–Kier alpha value is -0.691. The Kier molecular flexibility index (Phi) is 59.8.